The fourth-order valence-electron chi connectivity index (χ4n) is 1.25. The Hall–Kier alpha value is -1.59. The summed E-state index contributed by atoms with van der Waals surface area (Å²) in [6, 6.07) is 12.1. The van der Waals surface area contributed by atoms with Gasteiger partial charge in [-0.15, -0.1) is 6.58 Å². The highest BCUT2D eigenvalue weighted by Gasteiger charge is 2.07. The zero-order valence-electron chi connectivity index (χ0n) is 8.11. The maximum absolute atomic E-state index is 8.96. The Morgan fingerprint density at radius 2 is 2.14 bits per heavy atom. The zero-order chi connectivity index (χ0) is 10.2. The predicted octanol–water partition coefficient (Wildman–Crippen LogP) is 2.07. The Morgan fingerprint density at radius 1 is 1.43 bits per heavy atom. The van der Waals surface area contributed by atoms with E-state index in [1.165, 1.54) is 0 Å². The maximum atomic E-state index is 8.96. The van der Waals surface area contributed by atoms with E-state index >= 15 is 0 Å². The quantitative estimate of drug-likeness (QED) is 0.564. The molecule has 1 unspecified atom stereocenters. The first-order valence-electron chi connectivity index (χ1n) is 4.64. The summed E-state index contributed by atoms with van der Waals surface area (Å²) < 4.78 is 0. The van der Waals surface area contributed by atoms with E-state index in [9.17, 15) is 0 Å². The number of hydrogen-bond donors (Lipinski definition) is 1. The van der Waals surface area contributed by atoms with E-state index in [4.69, 9.17) is 5.26 Å². The molecule has 1 atom stereocenters. The monoisotopic (exact) mass is 186 g/mol. The predicted molar refractivity (Wildman–Crippen MR) is 57.9 cm³/mol. The summed E-state index contributed by atoms with van der Waals surface area (Å²) in [5, 5.41) is 12.1. The van der Waals surface area contributed by atoms with E-state index in [1.54, 1.807) is 6.08 Å². The summed E-state index contributed by atoms with van der Waals surface area (Å²) in [5.41, 5.74) is 1.06. The average molecular weight is 186 g/mol. The van der Waals surface area contributed by atoms with Gasteiger partial charge in [0.25, 0.3) is 0 Å². The van der Waals surface area contributed by atoms with E-state index in [2.05, 4.69) is 18.0 Å². The minimum absolute atomic E-state index is 0.0730. The van der Waals surface area contributed by atoms with Gasteiger partial charge in [0.15, 0.2) is 0 Å². The van der Waals surface area contributed by atoms with Gasteiger partial charge in [0.2, 0.25) is 0 Å². The van der Waals surface area contributed by atoms with E-state index in [1.807, 2.05) is 30.3 Å². The molecule has 0 saturated carbocycles. The fraction of sp³-hybridized carbons (Fsp3) is 0.250. The Bertz CT molecular complexity index is 311. The number of nitrogens with zero attached hydrogens (tertiary/aromatic N) is 1. The van der Waals surface area contributed by atoms with Crippen molar-refractivity contribution in [2.45, 2.75) is 5.92 Å². The lowest BCUT2D eigenvalue weighted by molar-refractivity contribution is 0.698. The van der Waals surface area contributed by atoms with Crippen LogP contribution in [-0.2, 0) is 0 Å². The van der Waals surface area contributed by atoms with Crippen LogP contribution in [0.25, 0.3) is 0 Å². The lowest BCUT2D eigenvalue weighted by Crippen LogP contribution is -2.20. The molecule has 2 heteroatoms. The Labute approximate surface area is 84.9 Å². The number of nitrogens with one attached hydrogen (secondary N) is 1. The molecule has 0 spiro atoms. The lowest BCUT2D eigenvalue weighted by Gasteiger charge is -2.09. The highest BCUT2D eigenvalue weighted by atomic mass is 14.8. The first-order valence-corrected chi connectivity index (χ1v) is 4.64. The fourth-order valence-corrected chi connectivity index (χ4v) is 1.25. The van der Waals surface area contributed by atoms with Crippen molar-refractivity contribution in [3.05, 3.63) is 48.6 Å². The van der Waals surface area contributed by atoms with E-state index in [0.717, 1.165) is 12.1 Å². The molecule has 1 aromatic carbocycles. The highest BCUT2D eigenvalue weighted by molar-refractivity contribution is 5.24. The molecular formula is C12H14N2. The molecule has 0 aromatic heterocycles. The molecule has 0 saturated heterocycles. The minimum atomic E-state index is -0.0730. The van der Waals surface area contributed by atoms with Crippen molar-refractivity contribution in [2.75, 3.05) is 13.1 Å². The molecule has 0 fully saturated rings. The maximum Gasteiger partial charge on any atom is 0.0837 e. The molecule has 0 aliphatic carbocycles. The molecule has 14 heavy (non-hydrogen) atoms. The Morgan fingerprint density at radius 3 is 2.71 bits per heavy atom. The molecule has 0 radical (unpaired) electrons. The second-order valence-electron chi connectivity index (χ2n) is 3.04. The van der Waals surface area contributed by atoms with Gasteiger partial charge < -0.3 is 5.32 Å². The average Bonchev–Trinajstić information content (AvgIpc) is 2.26. The summed E-state index contributed by atoms with van der Waals surface area (Å²) in [6.45, 7) is 5.02. The highest BCUT2D eigenvalue weighted by Crippen LogP contribution is 2.12. The molecule has 0 heterocycles. The van der Waals surface area contributed by atoms with Crippen molar-refractivity contribution in [2.24, 2.45) is 0 Å². The van der Waals surface area contributed by atoms with Gasteiger partial charge in [0.05, 0.1) is 12.0 Å². The smallest absolute Gasteiger partial charge is 0.0837 e. The molecule has 1 rings (SSSR count). The van der Waals surface area contributed by atoms with Gasteiger partial charge in [0, 0.05) is 13.1 Å². The van der Waals surface area contributed by atoms with Gasteiger partial charge in [0.1, 0.15) is 0 Å². The summed E-state index contributed by atoms with van der Waals surface area (Å²) in [4.78, 5) is 0. The SMILES string of the molecule is C=CCNCC(C#N)c1ccccc1. The number of benzene rings is 1. The van der Waals surface area contributed by atoms with Gasteiger partial charge in [-0.25, -0.2) is 0 Å². The second kappa shape index (κ2) is 5.95. The van der Waals surface area contributed by atoms with E-state index < -0.39 is 0 Å². The van der Waals surface area contributed by atoms with Crippen LogP contribution in [0, 0.1) is 11.3 Å². The van der Waals surface area contributed by atoms with Crippen LogP contribution >= 0.6 is 0 Å². The molecule has 2 nitrogen and oxygen atoms in total. The van der Waals surface area contributed by atoms with Crippen LogP contribution in [0.3, 0.4) is 0 Å². The molecule has 0 amide bonds. The molecule has 0 aliphatic heterocycles. The van der Waals surface area contributed by atoms with Crippen LogP contribution in [0.1, 0.15) is 11.5 Å². The van der Waals surface area contributed by atoms with Gasteiger partial charge in [-0.1, -0.05) is 36.4 Å². The summed E-state index contributed by atoms with van der Waals surface area (Å²) in [6.07, 6.45) is 1.79. The third kappa shape index (κ3) is 3.04. The third-order valence-electron chi connectivity index (χ3n) is 1.99. The van der Waals surface area contributed by atoms with Crippen LogP contribution in [0.2, 0.25) is 0 Å². The molecule has 72 valence electrons. The third-order valence-corrected chi connectivity index (χ3v) is 1.99. The van der Waals surface area contributed by atoms with Crippen molar-refractivity contribution >= 4 is 0 Å². The molecule has 1 aromatic rings. The molecule has 1 N–H and O–H groups in total. The van der Waals surface area contributed by atoms with Crippen molar-refractivity contribution in [1.29, 1.82) is 5.26 Å². The second-order valence-corrected chi connectivity index (χ2v) is 3.04. The molecular weight excluding hydrogens is 172 g/mol. The number of nitriles is 1. The van der Waals surface area contributed by atoms with E-state index in [0.29, 0.717) is 6.54 Å². The summed E-state index contributed by atoms with van der Waals surface area (Å²) in [7, 11) is 0. The number of hydrogen-bond acceptors (Lipinski definition) is 2. The minimum Gasteiger partial charge on any atom is -0.312 e. The van der Waals surface area contributed by atoms with Crippen LogP contribution < -0.4 is 5.32 Å². The Balaban J connectivity index is 2.55. The lowest BCUT2D eigenvalue weighted by atomic mass is 10.0. The van der Waals surface area contributed by atoms with Gasteiger partial charge in [-0.3, -0.25) is 0 Å². The van der Waals surface area contributed by atoms with Crippen molar-refractivity contribution in [1.82, 2.24) is 5.32 Å². The van der Waals surface area contributed by atoms with Gasteiger partial charge >= 0.3 is 0 Å². The summed E-state index contributed by atoms with van der Waals surface area (Å²) in [5.74, 6) is -0.0730. The van der Waals surface area contributed by atoms with Gasteiger partial charge in [-0.05, 0) is 5.56 Å². The van der Waals surface area contributed by atoms with Crippen LogP contribution in [0.4, 0.5) is 0 Å². The first kappa shape index (κ1) is 10.5. The van der Waals surface area contributed by atoms with Crippen molar-refractivity contribution < 1.29 is 0 Å². The van der Waals surface area contributed by atoms with Crippen LogP contribution in [0.15, 0.2) is 43.0 Å². The standard InChI is InChI=1S/C12H14N2/c1-2-8-14-10-12(9-13)11-6-4-3-5-7-11/h2-7,12,14H,1,8,10H2. The first-order chi connectivity index (χ1) is 6.88. The topological polar surface area (TPSA) is 35.8 Å². The summed E-state index contributed by atoms with van der Waals surface area (Å²) >= 11 is 0. The Kier molecular flexibility index (Phi) is 4.46. The van der Waals surface area contributed by atoms with Gasteiger partial charge in [-0.2, -0.15) is 5.26 Å². The van der Waals surface area contributed by atoms with Crippen molar-refractivity contribution in [3.63, 3.8) is 0 Å². The normalized spacial score (nSPS) is 11.6. The molecule has 0 bridgehead atoms. The van der Waals surface area contributed by atoms with Crippen molar-refractivity contribution in [3.8, 4) is 6.07 Å². The van der Waals surface area contributed by atoms with Crippen LogP contribution in [0.5, 0.6) is 0 Å². The van der Waals surface area contributed by atoms with E-state index in [-0.39, 0.29) is 5.92 Å². The molecule has 0 aliphatic rings. The zero-order valence-corrected chi connectivity index (χ0v) is 8.11. The number of rotatable bonds is 5. The van der Waals surface area contributed by atoms with Crippen LogP contribution in [-0.4, -0.2) is 13.1 Å². The largest absolute Gasteiger partial charge is 0.312 e.